The number of hydrogen-bond donors (Lipinski definition) is 2. The SMILES string of the molecule is CCC(C)N(CC(O)[C@H](Cc1cccnc1)NC(=O)OCc1cncs1)C(=O)c1ccc2ncsc2c1. The lowest BCUT2D eigenvalue weighted by atomic mass is 10.0. The lowest BCUT2D eigenvalue weighted by Gasteiger charge is -2.33. The summed E-state index contributed by atoms with van der Waals surface area (Å²) in [7, 11) is 0. The van der Waals surface area contributed by atoms with Crippen molar-refractivity contribution in [2.75, 3.05) is 6.54 Å². The minimum Gasteiger partial charge on any atom is -0.444 e. The molecule has 2 amide bonds. The minimum absolute atomic E-state index is 0.0363. The predicted octanol–water partition coefficient (Wildman–Crippen LogP) is 4.29. The first-order chi connectivity index (χ1) is 17.9. The van der Waals surface area contributed by atoms with Crippen molar-refractivity contribution in [3.05, 3.63) is 75.9 Å². The van der Waals surface area contributed by atoms with Crippen LogP contribution in [0, 0.1) is 0 Å². The molecule has 0 aliphatic rings. The molecule has 0 saturated heterocycles. The van der Waals surface area contributed by atoms with Crippen LogP contribution in [0.2, 0.25) is 0 Å². The van der Waals surface area contributed by atoms with Gasteiger partial charge in [-0.25, -0.2) is 9.78 Å². The number of nitrogens with one attached hydrogen (secondary N) is 1. The monoisotopic (exact) mass is 539 g/mol. The number of aromatic nitrogens is 3. The summed E-state index contributed by atoms with van der Waals surface area (Å²) in [5, 5.41) is 14.1. The number of carbonyl (C=O) groups excluding carboxylic acids is 2. The molecule has 2 N–H and O–H groups in total. The van der Waals surface area contributed by atoms with Crippen LogP contribution in [0.5, 0.6) is 0 Å². The van der Waals surface area contributed by atoms with Crippen LogP contribution >= 0.6 is 22.7 Å². The summed E-state index contributed by atoms with van der Waals surface area (Å²) >= 11 is 2.86. The lowest BCUT2D eigenvalue weighted by Crippen LogP contribution is -2.52. The molecule has 3 atom stereocenters. The molecule has 3 heterocycles. The van der Waals surface area contributed by atoms with Crippen molar-refractivity contribution in [3.8, 4) is 0 Å². The number of carbonyl (C=O) groups is 2. The molecule has 0 saturated carbocycles. The minimum atomic E-state index is -1.05. The van der Waals surface area contributed by atoms with Crippen molar-refractivity contribution >= 4 is 44.9 Å². The molecule has 11 heteroatoms. The zero-order chi connectivity index (χ0) is 26.2. The maximum atomic E-state index is 13.6. The van der Waals surface area contributed by atoms with Crippen molar-refractivity contribution in [1.29, 1.82) is 0 Å². The second kappa shape index (κ2) is 12.7. The Morgan fingerprint density at radius 1 is 1.16 bits per heavy atom. The third-order valence-electron chi connectivity index (χ3n) is 6.12. The van der Waals surface area contributed by atoms with Gasteiger partial charge in [0.2, 0.25) is 0 Å². The summed E-state index contributed by atoms with van der Waals surface area (Å²) in [6.45, 7) is 4.06. The number of amides is 2. The van der Waals surface area contributed by atoms with Crippen LogP contribution in [0.1, 0.15) is 41.1 Å². The van der Waals surface area contributed by atoms with E-state index >= 15 is 0 Å². The first-order valence-electron chi connectivity index (χ1n) is 12.0. The van der Waals surface area contributed by atoms with Gasteiger partial charge in [0, 0.05) is 36.7 Å². The van der Waals surface area contributed by atoms with Gasteiger partial charge in [-0.2, -0.15) is 0 Å². The molecule has 0 bridgehead atoms. The average molecular weight is 540 g/mol. The summed E-state index contributed by atoms with van der Waals surface area (Å²) in [6, 6.07) is 8.26. The molecule has 1 aromatic carbocycles. The number of aliphatic hydroxyl groups is 1. The smallest absolute Gasteiger partial charge is 0.407 e. The highest BCUT2D eigenvalue weighted by atomic mass is 32.1. The van der Waals surface area contributed by atoms with E-state index in [9.17, 15) is 14.7 Å². The van der Waals surface area contributed by atoms with Gasteiger partial charge in [-0.1, -0.05) is 13.0 Å². The number of nitrogens with zero attached hydrogens (tertiary/aromatic N) is 4. The van der Waals surface area contributed by atoms with Crippen molar-refractivity contribution in [2.45, 2.75) is 51.5 Å². The first-order valence-corrected chi connectivity index (χ1v) is 13.7. The van der Waals surface area contributed by atoms with E-state index in [-0.39, 0.29) is 25.1 Å². The lowest BCUT2D eigenvalue weighted by molar-refractivity contribution is 0.0424. The maximum absolute atomic E-state index is 13.6. The highest BCUT2D eigenvalue weighted by Crippen LogP contribution is 2.22. The second-order valence-electron chi connectivity index (χ2n) is 8.68. The number of ether oxygens (including phenoxy) is 1. The Labute approximate surface area is 223 Å². The summed E-state index contributed by atoms with van der Waals surface area (Å²) in [6.07, 6.45) is 4.30. The molecule has 4 aromatic rings. The van der Waals surface area contributed by atoms with E-state index in [1.54, 1.807) is 46.6 Å². The molecular weight excluding hydrogens is 510 g/mol. The van der Waals surface area contributed by atoms with Crippen molar-refractivity contribution in [3.63, 3.8) is 0 Å². The van der Waals surface area contributed by atoms with Crippen LogP contribution < -0.4 is 5.32 Å². The standard InChI is InChI=1S/C26H29N5O4S2/c1-3-17(2)31(25(33)19-6-7-21-24(10-19)37-16-29-21)13-23(32)22(9-18-5-4-8-27-11-18)30-26(34)35-14-20-12-28-15-36-20/h4-8,10-12,15-17,22-23,32H,3,9,13-14H2,1-2H3,(H,30,34)/t17?,22-,23?/m0/s1. The predicted molar refractivity (Wildman–Crippen MR) is 144 cm³/mol. The van der Waals surface area contributed by atoms with E-state index in [4.69, 9.17) is 4.74 Å². The third kappa shape index (κ3) is 7.09. The highest BCUT2D eigenvalue weighted by molar-refractivity contribution is 7.16. The van der Waals surface area contributed by atoms with Gasteiger partial charge in [-0.15, -0.1) is 22.7 Å². The fourth-order valence-electron chi connectivity index (χ4n) is 3.87. The quantitative estimate of drug-likeness (QED) is 0.292. The maximum Gasteiger partial charge on any atom is 0.407 e. The summed E-state index contributed by atoms with van der Waals surface area (Å²) in [4.78, 5) is 41.0. The van der Waals surface area contributed by atoms with Crippen LogP contribution in [0.15, 0.2) is 59.9 Å². The molecule has 0 aliphatic carbocycles. The number of alkyl carbamates (subject to hydrolysis) is 1. The Bertz CT molecular complexity index is 1300. The normalized spacial score (nSPS) is 13.6. The van der Waals surface area contributed by atoms with E-state index in [1.807, 2.05) is 32.0 Å². The Kier molecular flexibility index (Phi) is 9.15. The number of fused-ring (bicyclic) bond motifs is 1. The zero-order valence-corrected chi connectivity index (χ0v) is 22.2. The van der Waals surface area contributed by atoms with Gasteiger partial charge in [0.05, 0.1) is 38.3 Å². The Morgan fingerprint density at radius 3 is 2.76 bits per heavy atom. The Balaban J connectivity index is 1.50. The second-order valence-corrected chi connectivity index (χ2v) is 10.5. The average Bonchev–Trinajstić information content (AvgIpc) is 3.61. The molecule has 3 aromatic heterocycles. The molecule has 37 heavy (non-hydrogen) atoms. The number of hydrogen-bond acceptors (Lipinski definition) is 9. The third-order valence-corrected chi connectivity index (χ3v) is 7.67. The Morgan fingerprint density at radius 2 is 2.03 bits per heavy atom. The van der Waals surface area contributed by atoms with Crippen LogP contribution in [0.25, 0.3) is 10.2 Å². The number of aliphatic hydroxyl groups excluding tert-OH is 1. The van der Waals surface area contributed by atoms with Crippen molar-refractivity contribution in [1.82, 2.24) is 25.2 Å². The van der Waals surface area contributed by atoms with Crippen molar-refractivity contribution < 1.29 is 19.4 Å². The van der Waals surface area contributed by atoms with Crippen LogP contribution in [-0.2, 0) is 17.8 Å². The van der Waals surface area contributed by atoms with E-state index in [1.165, 1.54) is 22.7 Å². The van der Waals surface area contributed by atoms with Gasteiger partial charge in [0.1, 0.15) is 6.61 Å². The fraction of sp³-hybridized carbons (Fsp3) is 0.346. The molecule has 0 spiro atoms. The van der Waals surface area contributed by atoms with Crippen molar-refractivity contribution in [2.24, 2.45) is 0 Å². The largest absolute Gasteiger partial charge is 0.444 e. The molecule has 0 radical (unpaired) electrons. The van der Waals surface area contributed by atoms with E-state index in [0.717, 1.165) is 20.7 Å². The molecule has 0 fully saturated rings. The van der Waals surface area contributed by atoms with E-state index < -0.39 is 18.2 Å². The first kappa shape index (κ1) is 26.6. The molecule has 2 unspecified atom stereocenters. The van der Waals surface area contributed by atoms with Gasteiger partial charge < -0.3 is 20.1 Å². The van der Waals surface area contributed by atoms with Crippen LogP contribution in [-0.4, -0.2) is 61.7 Å². The fourth-order valence-corrected chi connectivity index (χ4v) is 5.09. The van der Waals surface area contributed by atoms with Gasteiger partial charge in [-0.05, 0) is 49.6 Å². The summed E-state index contributed by atoms with van der Waals surface area (Å²) in [5.41, 5.74) is 5.63. The van der Waals surface area contributed by atoms with Crippen LogP contribution in [0.4, 0.5) is 4.79 Å². The van der Waals surface area contributed by atoms with E-state index in [0.29, 0.717) is 18.4 Å². The Hall–Kier alpha value is -3.41. The van der Waals surface area contributed by atoms with Gasteiger partial charge in [-0.3, -0.25) is 14.8 Å². The molecule has 194 valence electrons. The molecular formula is C26H29N5O4S2. The number of pyridine rings is 1. The number of benzene rings is 1. The number of thiazole rings is 2. The summed E-state index contributed by atoms with van der Waals surface area (Å²) < 4.78 is 6.26. The molecule has 4 rings (SSSR count). The number of rotatable bonds is 11. The molecule has 9 nitrogen and oxygen atoms in total. The van der Waals surface area contributed by atoms with E-state index in [2.05, 4.69) is 20.3 Å². The zero-order valence-electron chi connectivity index (χ0n) is 20.6. The summed E-state index contributed by atoms with van der Waals surface area (Å²) in [5.74, 6) is -0.184. The topological polar surface area (TPSA) is 118 Å². The van der Waals surface area contributed by atoms with Gasteiger partial charge in [0.15, 0.2) is 0 Å². The van der Waals surface area contributed by atoms with Gasteiger partial charge in [0.25, 0.3) is 5.91 Å². The van der Waals surface area contributed by atoms with Crippen LogP contribution in [0.3, 0.4) is 0 Å². The highest BCUT2D eigenvalue weighted by Gasteiger charge is 2.29. The van der Waals surface area contributed by atoms with Gasteiger partial charge >= 0.3 is 6.09 Å². The molecule has 0 aliphatic heterocycles.